The summed E-state index contributed by atoms with van der Waals surface area (Å²) in [6.07, 6.45) is 1.77. The normalized spacial score (nSPS) is 12.9. The number of ether oxygens (including phenoxy) is 1. The van der Waals surface area contributed by atoms with E-state index in [-0.39, 0.29) is 0 Å². The lowest BCUT2D eigenvalue weighted by Gasteiger charge is -2.28. The molecule has 0 bridgehead atoms. The van der Waals surface area contributed by atoms with Crippen LogP contribution in [-0.2, 0) is 16.1 Å². The summed E-state index contributed by atoms with van der Waals surface area (Å²) in [7, 11) is 0. The van der Waals surface area contributed by atoms with E-state index in [4.69, 9.17) is 21.3 Å². The Kier molecular flexibility index (Phi) is 7.03. The summed E-state index contributed by atoms with van der Waals surface area (Å²) in [4.78, 5) is 17.5. The third-order valence-electron chi connectivity index (χ3n) is 6.34. The van der Waals surface area contributed by atoms with Crippen molar-refractivity contribution in [3.63, 3.8) is 0 Å². The summed E-state index contributed by atoms with van der Waals surface area (Å²) >= 11 is 7.76. The van der Waals surface area contributed by atoms with Crippen molar-refractivity contribution in [1.29, 1.82) is 0 Å². The first-order valence-electron chi connectivity index (χ1n) is 12.6. The van der Waals surface area contributed by atoms with Gasteiger partial charge in [0.05, 0.1) is 27.5 Å². The highest BCUT2D eigenvalue weighted by atomic mass is 35.5. The molecule has 1 N–H and O–H groups in total. The molecule has 0 aliphatic carbocycles. The Morgan fingerprint density at radius 1 is 1.13 bits per heavy atom. The molecule has 3 aromatic carbocycles. The van der Waals surface area contributed by atoms with Gasteiger partial charge in [-0.1, -0.05) is 30.7 Å². The summed E-state index contributed by atoms with van der Waals surface area (Å²) in [5.41, 5.74) is 5.39. The smallest absolute Gasteiger partial charge is 0.337 e. The van der Waals surface area contributed by atoms with Crippen molar-refractivity contribution in [2.45, 2.75) is 59.3 Å². The number of hydrogen-bond donors (Lipinski definition) is 1. The maximum absolute atomic E-state index is 12.5. The Bertz CT molecular complexity index is 1650. The quantitative estimate of drug-likeness (QED) is 0.222. The number of thiazole rings is 1. The van der Waals surface area contributed by atoms with Crippen LogP contribution in [0.25, 0.3) is 42.8 Å². The van der Waals surface area contributed by atoms with Crippen molar-refractivity contribution < 1.29 is 14.6 Å². The molecule has 2 aromatic heterocycles. The number of aliphatic carboxylic acids is 1. The van der Waals surface area contributed by atoms with Gasteiger partial charge in [-0.05, 0) is 81.6 Å². The molecule has 0 saturated heterocycles. The van der Waals surface area contributed by atoms with E-state index in [0.29, 0.717) is 10.6 Å². The molecular formula is C30H30ClN3O3S. The standard InChI is InChI=1S/C30H30ClN3O3S/c1-6-13-34-23-12-9-19(15-20(23)16-32-34)28-33-22-14-17(2)24(26(29(35)36)37-30(3,4)5)25(27(22)38-28)18-7-10-21(31)11-8-18/h7-12,14-16,26H,6,13H2,1-5H3,(H,35,36)/t26-/m0/s1. The van der Waals surface area contributed by atoms with Gasteiger partial charge in [0.1, 0.15) is 5.01 Å². The van der Waals surface area contributed by atoms with Gasteiger partial charge in [-0.25, -0.2) is 9.78 Å². The second kappa shape index (κ2) is 10.1. The second-order valence-electron chi connectivity index (χ2n) is 10.4. The lowest BCUT2D eigenvalue weighted by Crippen LogP contribution is -2.28. The van der Waals surface area contributed by atoms with E-state index in [1.165, 1.54) is 0 Å². The number of hydrogen-bond acceptors (Lipinski definition) is 5. The van der Waals surface area contributed by atoms with Crippen LogP contribution in [0.15, 0.2) is 54.7 Å². The fourth-order valence-electron chi connectivity index (χ4n) is 4.77. The van der Waals surface area contributed by atoms with Gasteiger partial charge >= 0.3 is 5.97 Å². The van der Waals surface area contributed by atoms with Crippen LogP contribution in [0.2, 0.25) is 5.02 Å². The number of aromatic nitrogens is 3. The lowest BCUT2D eigenvalue weighted by atomic mass is 9.91. The van der Waals surface area contributed by atoms with Crippen LogP contribution in [0.1, 0.15) is 51.3 Å². The molecule has 0 aliphatic rings. The van der Waals surface area contributed by atoms with Gasteiger partial charge in [-0.2, -0.15) is 5.10 Å². The van der Waals surface area contributed by atoms with Gasteiger partial charge in [-0.15, -0.1) is 11.3 Å². The SMILES string of the molecule is CCCn1ncc2cc(-c3nc4cc(C)c([C@H](OC(C)(C)C)C(=O)O)c(-c5ccc(Cl)cc5)c4s3)ccc21. The Morgan fingerprint density at radius 2 is 1.84 bits per heavy atom. The summed E-state index contributed by atoms with van der Waals surface area (Å²) in [5.74, 6) is -1.03. The average Bonchev–Trinajstić information content (AvgIpc) is 3.46. The second-order valence-corrected chi connectivity index (χ2v) is 11.9. The van der Waals surface area contributed by atoms with E-state index in [9.17, 15) is 9.90 Å². The molecule has 0 amide bonds. The molecule has 1 atom stereocenters. The monoisotopic (exact) mass is 547 g/mol. The number of aryl methyl sites for hydroxylation is 2. The van der Waals surface area contributed by atoms with Gasteiger partial charge in [0.15, 0.2) is 6.10 Å². The van der Waals surface area contributed by atoms with Crippen molar-refractivity contribution in [3.8, 4) is 21.7 Å². The molecule has 0 unspecified atom stereocenters. The minimum atomic E-state index is -1.14. The Balaban J connectivity index is 1.74. The minimum absolute atomic E-state index is 0.613. The Labute approximate surface area is 230 Å². The number of carboxylic acid groups (broad SMARTS) is 1. The van der Waals surface area contributed by atoms with E-state index in [1.807, 2.05) is 68.9 Å². The topological polar surface area (TPSA) is 77.2 Å². The molecular weight excluding hydrogens is 518 g/mol. The third-order valence-corrected chi connectivity index (χ3v) is 7.73. The first kappa shape index (κ1) is 26.4. The maximum Gasteiger partial charge on any atom is 0.337 e. The molecule has 0 spiro atoms. The molecule has 0 aliphatic heterocycles. The van der Waals surface area contributed by atoms with Gasteiger partial charge in [0.2, 0.25) is 0 Å². The van der Waals surface area contributed by atoms with Crippen molar-refractivity contribution in [3.05, 3.63) is 70.9 Å². The van der Waals surface area contributed by atoms with E-state index < -0.39 is 17.7 Å². The zero-order valence-electron chi connectivity index (χ0n) is 22.1. The summed E-state index contributed by atoms with van der Waals surface area (Å²) in [5, 5.41) is 17.3. The molecule has 6 nitrogen and oxygen atoms in total. The largest absolute Gasteiger partial charge is 0.479 e. The number of nitrogens with zero attached hydrogens (tertiary/aromatic N) is 3. The van der Waals surface area contributed by atoms with Crippen molar-refractivity contribution in [2.75, 3.05) is 0 Å². The minimum Gasteiger partial charge on any atom is -0.479 e. The highest BCUT2D eigenvalue weighted by Gasteiger charge is 2.32. The van der Waals surface area contributed by atoms with Crippen LogP contribution in [0.5, 0.6) is 0 Å². The number of carbonyl (C=O) groups is 1. The molecule has 8 heteroatoms. The van der Waals surface area contributed by atoms with Crippen LogP contribution < -0.4 is 0 Å². The number of benzene rings is 3. The van der Waals surface area contributed by atoms with Crippen LogP contribution in [0, 0.1) is 6.92 Å². The number of fused-ring (bicyclic) bond motifs is 2. The highest BCUT2D eigenvalue weighted by Crippen LogP contribution is 2.44. The van der Waals surface area contributed by atoms with Gasteiger partial charge in [0, 0.05) is 33.6 Å². The predicted octanol–water partition coefficient (Wildman–Crippen LogP) is 8.29. The number of rotatable bonds is 7. The van der Waals surface area contributed by atoms with E-state index >= 15 is 0 Å². The first-order chi connectivity index (χ1) is 18.1. The van der Waals surface area contributed by atoms with Crippen molar-refractivity contribution in [2.24, 2.45) is 0 Å². The molecule has 5 rings (SSSR count). The predicted molar refractivity (Wildman–Crippen MR) is 155 cm³/mol. The number of halogens is 1. The van der Waals surface area contributed by atoms with Gasteiger partial charge in [-0.3, -0.25) is 4.68 Å². The first-order valence-corrected chi connectivity index (χ1v) is 13.8. The third kappa shape index (κ3) is 5.06. The van der Waals surface area contributed by atoms with Crippen LogP contribution in [0.3, 0.4) is 0 Å². The molecule has 196 valence electrons. The van der Waals surface area contributed by atoms with E-state index in [0.717, 1.165) is 61.3 Å². The fraction of sp³-hybridized carbons (Fsp3) is 0.300. The summed E-state index contributed by atoms with van der Waals surface area (Å²) in [6, 6.07) is 15.7. The summed E-state index contributed by atoms with van der Waals surface area (Å²) < 4.78 is 9.04. The van der Waals surface area contributed by atoms with Gasteiger partial charge in [0.25, 0.3) is 0 Å². The Hall–Kier alpha value is -3.26. The van der Waals surface area contributed by atoms with Gasteiger partial charge < -0.3 is 9.84 Å². The van der Waals surface area contributed by atoms with E-state index in [2.05, 4.69) is 30.2 Å². The zero-order valence-corrected chi connectivity index (χ0v) is 23.7. The molecule has 0 saturated carbocycles. The van der Waals surface area contributed by atoms with Crippen molar-refractivity contribution in [1.82, 2.24) is 14.8 Å². The van der Waals surface area contributed by atoms with Crippen LogP contribution in [-0.4, -0.2) is 31.4 Å². The average molecular weight is 548 g/mol. The van der Waals surface area contributed by atoms with Crippen molar-refractivity contribution >= 4 is 50.0 Å². The lowest BCUT2D eigenvalue weighted by molar-refractivity contribution is -0.160. The summed E-state index contributed by atoms with van der Waals surface area (Å²) in [6.45, 7) is 10.5. The highest BCUT2D eigenvalue weighted by molar-refractivity contribution is 7.22. The Morgan fingerprint density at radius 3 is 2.50 bits per heavy atom. The maximum atomic E-state index is 12.5. The molecule has 0 radical (unpaired) electrons. The number of carboxylic acids is 1. The zero-order chi connectivity index (χ0) is 27.2. The molecule has 0 fully saturated rings. The van der Waals surface area contributed by atoms with Crippen LogP contribution in [0.4, 0.5) is 0 Å². The molecule has 38 heavy (non-hydrogen) atoms. The fourth-order valence-corrected chi connectivity index (χ4v) is 6.02. The van der Waals surface area contributed by atoms with E-state index in [1.54, 1.807) is 11.3 Å². The molecule has 2 heterocycles. The molecule has 5 aromatic rings. The van der Waals surface area contributed by atoms with Crippen LogP contribution >= 0.6 is 22.9 Å².